The van der Waals surface area contributed by atoms with Crippen LogP contribution in [0.1, 0.15) is 27.7 Å². The molecule has 0 saturated heterocycles. The van der Waals surface area contributed by atoms with Crippen molar-refractivity contribution < 1.29 is 4.74 Å². The minimum Gasteiger partial charge on any atom is -0.383 e. The quantitative estimate of drug-likeness (QED) is 0.526. The summed E-state index contributed by atoms with van der Waals surface area (Å²) in [5, 5.41) is 7.88. The van der Waals surface area contributed by atoms with Crippen LogP contribution < -0.4 is 0 Å². The Labute approximate surface area is 81.6 Å². The number of ether oxygens (including phenoxy) is 1. The molecule has 0 rings (SSSR count). The molecule has 1 atom stereocenters. The van der Waals surface area contributed by atoms with E-state index in [-0.39, 0.29) is 0 Å². The van der Waals surface area contributed by atoms with Crippen molar-refractivity contribution in [1.29, 1.82) is 5.41 Å². The number of nitrogens with one attached hydrogen (secondary N) is 1. The van der Waals surface area contributed by atoms with Crippen molar-refractivity contribution in [2.75, 3.05) is 20.3 Å². The van der Waals surface area contributed by atoms with Crippen LogP contribution in [0.5, 0.6) is 0 Å². The predicted molar refractivity (Wildman–Crippen MR) is 56.3 cm³/mol. The Morgan fingerprint density at radius 2 is 1.92 bits per heavy atom. The molecule has 3 nitrogen and oxygen atoms in total. The van der Waals surface area contributed by atoms with Crippen LogP contribution in [-0.4, -0.2) is 37.0 Å². The summed E-state index contributed by atoms with van der Waals surface area (Å²) < 4.78 is 5.08. The fourth-order valence-corrected chi connectivity index (χ4v) is 1.38. The Kier molecular flexibility index (Phi) is 5.71. The fraction of sp³-hybridized carbons (Fsp3) is 0.900. The molecule has 0 saturated carbocycles. The normalized spacial score (nSPS) is 13.1. The standard InChI is InChI=1S/C10H22N2O/c1-6-12(9(4)7-13-5)10(11)8(2)3/h8-9,11H,6-7H2,1-5H3. The Morgan fingerprint density at radius 1 is 1.38 bits per heavy atom. The van der Waals surface area contributed by atoms with Gasteiger partial charge in [-0.05, 0) is 13.8 Å². The first-order valence-corrected chi connectivity index (χ1v) is 4.88. The molecule has 78 valence electrons. The first-order chi connectivity index (χ1) is 6.04. The SMILES string of the molecule is CCN(C(=N)C(C)C)C(C)COC. The number of nitrogens with zero attached hydrogens (tertiary/aromatic N) is 1. The van der Waals surface area contributed by atoms with Crippen LogP contribution in [0.25, 0.3) is 0 Å². The van der Waals surface area contributed by atoms with Gasteiger partial charge in [-0.1, -0.05) is 13.8 Å². The summed E-state index contributed by atoms with van der Waals surface area (Å²) in [7, 11) is 1.70. The number of rotatable bonds is 5. The highest BCUT2D eigenvalue weighted by Gasteiger charge is 2.16. The van der Waals surface area contributed by atoms with Crippen molar-refractivity contribution in [1.82, 2.24) is 4.90 Å². The number of likely N-dealkylation sites (N-methyl/N-ethyl adjacent to an activating group) is 1. The molecule has 0 aromatic carbocycles. The van der Waals surface area contributed by atoms with Gasteiger partial charge in [-0.3, -0.25) is 5.41 Å². The van der Waals surface area contributed by atoms with E-state index in [2.05, 4.69) is 18.7 Å². The highest BCUT2D eigenvalue weighted by molar-refractivity contribution is 5.81. The van der Waals surface area contributed by atoms with Gasteiger partial charge in [-0.25, -0.2) is 0 Å². The topological polar surface area (TPSA) is 36.3 Å². The number of hydrogen-bond donors (Lipinski definition) is 1. The molecule has 13 heavy (non-hydrogen) atoms. The van der Waals surface area contributed by atoms with E-state index in [0.717, 1.165) is 6.54 Å². The molecule has 1 N–H and O–H groups in total. The highest BCUT2D eigenvalue weighted by Crippen LogP contribution is 2.06. The monoisotopic (exact) mass is 186 g/mol. The van der Waals surface area contributed by atoms with Gasteiger partial charge in [-0.2, -0.15) is 0 Å². The molecular weight excluding hydrogens is 164 g/mol. The van der Waals surface area contributed by atoms with Gasteiger partial charge >= 0.3 is 0 Å². The third-order valence-electron chi connectivity index (χ3n) is 2.14. The summed E-state index contributed by atoms with van der Waals surface area (Å²) in [6.07, 6.45) is 0. The maximum absolute atomic E-state index is 7.88. The summed E-state index contributed by atoms with van der Waals surface area (Å²) in [5.74, 6) is 0.992. The molecule has 1 unspecified atom stereocenters. The van der Waals surface area contributed by atoms with E-state index in [1.54, 1.807) is 7.11 Å². The summed E-state index contributed by atoms with van der Waals surface area (Å²) >= 11 is 0. The van der Waals surface area contributed by atoms with E-state index in [4.69, 9.17) is 10.1 Å². The molecule has 0 aliphatic rings. The lowest BCUT2D eigenvalue weighted by molar-refractivity contribution is 0.135. The number of methoxy groups -OCH3 is 1. The molecule has 0 aromatic rings. The average Bonchev–Trinajstić information content (AvgIpc) is 2.05. The lowest BCUT2D eigenvalue weighted by atomic mass is 10.1. The van der Waals surface area contributed by atoms with E-state index >= 15 is 0 Å². The van der Waals surface area contributed by atoms with E-state index in [1.807, 2.05) is 13.8 Å². The van der Waals surface area contributed by atoms with Gasteiger partial charge in [0.2, 0.25) is 0 Å². The van der Waals surface area contributed by atoms with Crippen molar-refractivity contribution in [3.8, 4) is 0 Å². The maximum Gasteiger partial charge on any atom is 0.0986 e. The Hall–Kier alpha value is -0.570. The highest BCUT2D eigenvalue weighted by atomic mass is 16.5. The zero-order valence-electron chi connectivity index (χ0n) is 9.42. The van der Waals surface area contributed by atoms with Gasteiger partial charge in [0.15, 0.2) is 0 Å². The van der Waals surface area contributed by atoms with Gasteiger partial charge in [-0.15, -0.1) is 0 Å². The van der Waals surface area contributed by atoms with Crippen LogP contribution in [0.15, 0.2) is 0 Å². The van der Waals surface area contributed by atoms with Crippen LogP contribution in [0.3, 0.4) is 0 Å². The molecule has 0 aromatic heterocycles. The molecule has 0 bridgehead atoms. The summed E-state index contributed by atoms with van der Waals surface area (Å²) in [6, 6.07) is 0.296. The molecular formula is C10H22N2O. The van der Waals surface area contributed by atoms with E-state index in [0.29, 0.717) is 24.4 Å². The molecule has 0 spiro atoms. The van der Waals surface area contributed by atoms with Crippen LogP contribution in [0.4, 0.5) is 0 Å². The van der Waals surface area contributed by atoms with E-state index < -0.39 is 0 Å². The first-order valence-electron chi connectivity index (χ1n) is 4.88. The number of amidine groups is 1. The minimum atomic E-state index is 0.291. The Morgan fingerprint density at radius 3 is 2.23 bits per heavy atom. The maximum atomic E-state index is 7.88. The lowest BCUT2D eigenvalue weighted by Crippen LogP contribution is -2.42. The fourth-order valence-electron chi connectivity index (χ4n) is 1.38. The smallest absolute Gasteiger partial charge is 0.0986 e. The third kappa shape index (κ3) is 3.77. The Bertz CT molecular complexity index is 157. The van der Waals surface area contributed by atoms with Gasteiger partial charge in [0, 0.05) is 19.6 Å². The largest absolute Gasteiger partial charge is 0.383 e. The Balaban J connectivity index is 4.23. The summed E-state index contributed by atoms with van der Waals surface area (Å²) in [6.45, 7) is 9.81. The van der Waals surface area contributed by atoms with Crippen LogP contribution >= 0.6 is 0 Å². The zero-order chi connectivity index (χ0) is 10.4. The van der Waals surface area contributed by atoms with Crippen LogP contribution in [0, 0.1) is 11.3 Å². The lowest BCUT2D eigenvalue weighted by Gasteiger charge is -2.31. The zero-order valence-corrected chi connectivity index (χ0v) is 9.42. The van der Waals surface area contributed by atoms with Gasteiger partial charge in [0.25, 0.3) is 0 Å². The molecule has 3 heteroatoms. The van der Waals surface area contributed by atoms with Crippen molar-refractivity contribution >= 4 is 5.84 Å². The van der Waals surface area contributed by atoms with Gasteiger partial charge in [0.1, 0.15) is 0 Å². The minimum absolute atomic E-state index is 0.291. The van der Waals surface area contributed by atoms with Crippen molar-refractivity contribution in [3.05, 3.63) is 0 Å². The first kappa shape index (κ1) is 12.4. The van der Waals surface area contributed by atoms with Crippen molar-refractivity contribution in [3.63, 3.8) is 0 Å². The van der Waals surface area contributed by atoms with Crippen LogP contribution in [-0.2, 0) is 4.74 Å². The van der Waals surface area contributed by atoms with Crippen molar-refractivity contribution in [2.24, 2.45) is 5.92 Å². The summed E-state index contributed by atoms with van der Waals surface area (Å²) in [4.78, 5) is 2.08. The van der Waals surface area contributed by atoms with E-state index in [9.17, 15) is 0 Å². The molecule has 0 amide bonds. The molecule has 0 fully saturated rings. The molecule has 0 heterocycles. The second-order valence-electron chi connectivity index (χ2n) is 3.63. The van der Waals surface area contributed by atoms with Gasteiger partial charge < -0.3 is 9.64 Å². The van der Waals surface area contributed by atoms with Gasteiger partial charge in [0.05, 0.1) is 18.5 Å². The average molecular weight is 186 g/mol. The second kappa shape index (κ2) is 5.97. The molecule has 0 aliphatic carbocycles. The number of hydrogen-bond acceptors (Lipinski definition) is 2. The third-order valence-corrected chi connectivity index (χ3v) is 2.14. The predicted octanol–water partition coefficient (Wildman–Crippen LogP) is 1.98. The van der Waals surface area contributed by atoms with Crippen LogP contribution in [0.2, 0.25) is 0 Å². The molecule has 0 aliphatic heterocycles. The van der Waals surface area contributed by atoms with Crippen molar-refractivity contribution in [2.45, 2.75) is 33.7 Å². The summed E-state index contributed by atoms with van der Waals surface area (Å²) in [5.41, 5.74) is 0. The molecule has 0 radical (unpaired) electrons. The van der Waals surface area contributed by atoms with E-state index in [1.165, 1.54) is 0 Å². The second-order valence-corrected chi connectivity index (χ2v) is 3.63.